The fourth-order valence-corrected chi connectivity index (χ4v) is 2.98. The van der Waals surface area contributed by atoms with Crippen molar-refractivity contribution in [3.05, 3.63) is 77.4 Å². The van der Waals surface area contributed by atoms with E-state index in [1.807, 2.05) is 12.1 Å². The molecule has 1 unspecified atom stereocenters. The minimum Gasteiger partial charge on any atom is -0.507 e. The molecule has 0 saturated heterocycles. The van der Waals surface area contributed by atoms with E-state index >= 15 is 0 Å². The van der Waals surface area contributed by atoms with E-state index in [0.29, 0.717) is 12.1 Å². The van der Waals surface area contributed by atoms with E-state index < -0.39 is 5.97 Å². The number of phenolic OH excluding ortho intramolecular Hbond substituents is 1. The largest absolute Gasteiger partial charge is 0.507 e. The van der Waals surface area contributed by atoms with Crippen LogP contribution in [0.2, 0.25) is 0 Å². The standard InChI is InChI=1S/C23H21NO3.ClH/c1-16(19-11-5-9-18-8-3-4-10-20(18)19)24-14-6-7-17-12-13-22(25)21(15-17)23(26)27-2;/h3-5,8-13,15-16,24-25H,14H2,1-2H3;1H. The summed E-state index contributed by atoms with van der Waals surface area (Å²) >= 11 is 0. The number of methoxy groups -OCH3 is 1. The molecule has 2 N–H and O–H groups in total. The van der Waals surface area contributed by atoms with Crippen molar-refractivity contribution in [2.75, 3.05) is 13.7 Å². The zero-order valence-corrected chi connectivity index (χ0v) is 16.5. The Hall–Kier alpha value is -3.00. The number of halogens is 1. The molecule has 0 aliphatic rings. The van der Waals surface area contributed by atoms with Gasteiger partial charge in [-0.1, -0.05) is 54.3 Å². The average Bonchev–Trinajstić information content (AvgIpc) is 2.71. The highest BCUT2D eigenvalue weighted by Gasteiger charge is 2.11. The first-order chi connectivity index (χ1) is 13.1. The van der Waals surface area contributed by atoms with Gasteiger partial charge < -0.3 is 9.84 Å². The van der Waals surface area contributed by atoms with E-state index in [1.165, 1.54) is 35.6 Å². The fourth-order valence-electron chi connectivity index (χ4n) is 2.98. The monoisotopic (exact) mass is 395 g/mol. The lowest BCUT2D eigenvalue weighted by Crippen LogP contribution is -2.19. The van der Waals surface area contributed by atoms with Gasteiger partial charge in [0.05, 0.1) is 13.7 Å². The number of fused-ring (bicyclic) bond motifs is 1. The first kappa shape index (κ1) is 21.3. The summed E-state index contributed by atoms with van der Waals surface area (Å²) in [6.45, 7) is 2.61. The lowest BCUT2D eigenvalue weighted by atomic mass is 10.00. The quantitative estimate of drug-likeness (QED) is 0.506. The number of hydrogen-bond donors (Lipinski definition) is 2. The molecule has 0 spiro atoms. The molecule has 0 fully saturated rings. The summed E-state index contributed by atoms with van der Waals surface area (Å²) in [5.41, 5.74) is 1.99. The van der Waals surface area contributed by atoms with Crippen LogP contribution in [-0.4, -0.2) is 24.7 Å². The summed E-state index contributed by atoms with van der Waals surface area (Å²) in [6, 6.07) is 19.4. The maximum atomic E-state index is 11.6. The first-order valence-electron chi connectivity index (χ1n) is 8.71. The normalized spacial score (nSPS) is 11.1. The highest BCUT2D eigenvalue weighted by atomic mass is 35.5. The number of carbonyl (C=O) groups excluding carboxylic acids is 1. The topological polar surface area (TPSA) is 58.6 Å². The molecule has 0 aliphatic heterocycles. The molecule has 4 nitrogen and oxygen atoms in total. The molecule has 3 aromatic carbocycles. The van der Waals surface area contributed by atoms with Gasteiger partial charge in [-0.05, 0) is 41.5 Å². The van der Waals surface area contributed by atoms with Crippen molar-refractivity contribution in [3.63, 3.8) is 0 Å². The van der Waals surface area contributed by atoms with Gasteiger partial charge in [0, 0.05) is 11.6 Å². The summed E-state index contributed by atoms with van der Waals surface area (Å²) in [7, 11) is 1.28. The lowest BCUT2D eigenvalue weighted by Gasteiger charge is -2.15. The Morgan fingerprint density at radius 1 is 1.14 bits per heavy atom. The van der Waals surface area contributed by atoms with Crippen LogP contribution in [0.5, 0.6) is 5.75 Å². The van der Waals surface area contributed by atoms with Gasteiger partial charge in [0.15, 0.2) is 0 Å². The Labute approximate surface area is 170 Å². The second kappa shape index (κ2) is 9.80. The molecule has 0 heterocycles. The minimum absolute atomic E-state index is 0. The van der Waals surface area contributed by atoms with Crippen LogP contribution in [0.25, 0.3) is 10.8 Å². The molecular weight excluding hydrogens is 374 g/mol. The molecular formula is C23H22ClNO3. The number of carbonyl (C=O) groups is 1. The predicted octanol–water partition coefficient (Wildman–Crippen LogP) is 4.46. The van der Waals surface area contributed by atoms with Gasteiger partial charge in [-0.15, -0.1) is 12.4 Å². The van der Waals surface area contributed by atoms with Crippen LogP contribution in [0.3, 0.4) is 0 Å². The van der Waals surface area contributed by atoms with Gasteiger partial charge >= 0.3 is 5.97 Å². The Bertz CT molecular complexity index is 1030. The number of benzene rings is 3. The molecule has 0 saturated carbocycles. The van der Waals surface area contributed by atoms with Gasteiger partial charge in [0.2, 0.25) is 0 Å². The molecule has 0 amide bonds. The SMILES string of the molecule is COC(=O)c1cc(C#CCNC(C)c2cccc3ccccc23)ccc1O.Cl. The molecule has 144 valence electrons. The molecule has 0 aliphatic carbocycles. The van der Waals surface area contributed by atoms with Crippen molar-refractivity contribution in [2.24, 2.45) is 0 Å². The third kappa shape index (κ3) is 4.83. The number of hydrogen-bond acceptors (Lipinski definition) is 4. The Morgan fingerprint density at radius 2 is 1.89 bits per heavy atom. The maximum Gasteiger partial charge on any atom is 0.341 e. The number of rotatable bonds is 4. The van der Waals surface area contributed by atoms with Gasteiger partial charge in [0.25, 0.3) is 0 Å². The summed E-state index contributed by atoms with van der Waals surface area (Å²) in [4.78, 5) is 11.6. The summed E-state index contributed by atoms with van der Waals surface area (Å²) in [5.74, 6) is 5.36. The van der Waals surface area contributed by atoms with Crippen molar-refractivity contribution in [1.82, 2.24) is 5.32 Å². The molecule has 1 atom stereocenters. The minimum atomic E-state index is -0.584. The average molecular weight is 396 g/mol. The van der Waals surface area contributed by atoms with Gasteiger partial charge in [-0.25, -0.2) is 4.79 Å². The zero-order chi connectivity index (χ0) is 19.2. The second-order valence-electron chi connectivity index (χ2n) is 6.20. The first-order valence-corrected chi connectivity index (χ1v) is 8.71. The van der Waals surface area contributed by atoms with Gasteiger partial charge in [-0.3, -0.25) is 5.32 Å². The second-order valence-corrected chi connectivity index (χ2v) is 6.20. The summed E-state index contributed by atoms with van der Waals surface area (Å²) < 4.78 is 4.65. The Balaban J connectivity index is 0.00000280. The van der Waals surface area contributed by atoms with Crippen LogP contribution in [-0.2, 0) is 4.74 Å². The van der Waals surface area contributed by atoms with Crippen LogP contribution < -0.4 is 5.32 Å². The van der Waals surface area contributed by atoms with Crippen LogP contribution in [0.1, 0.15) is 34.5 Å². The third-order valence-electron chi connectivity index (χ3n) is 4.42. The van der Waals surface area contributed by atoms with Gasteiger partial charge in [0.1, 0.15) is 11.3 Å². The number of phenols is 1. The number of nitrogens with one attached hydrogen (secondary N) is 1. The van der Waals surface area contributed by atoms with Crippen LogP contribution >= 0.6 is 12.4 Å². The van der Waals surface area contributed by atoms with E-state index in [0.717, 1.165) is 0 Å². The highest BCUT2D eigenvalue weighted by molar-refractivity contribution is 5.92. The van der Waals surface area contributed by atoms with E-state index in [4.69, 9.17) is 0 Å². The highest BCUT2D eigenvalue weighted by Crippen LogP contribution is 2.24. The molecule has 5 heteroatoms. The van der Waals surface area contributed by atoms with E-state index in [2.05, 4.69) is 59.2 Å². The number of aromatic hydroxyl groups is 1. The van der Waals surface area contributed by atoms with E-state index in [-0.39, 0.29) is 29.8 Å². The fraction of sp³-hybridized carbons (Fsp3) is 0.174. The molecule has 0 bridgehead atoms. The van der Waals surface area contributed by atoms with Crippen molar-refractivity contribution in [2.45, 2.75) is 13.0 Å². The lowest BCUT2D eigenvalue weighted by molar-refractivity contribution is 0.0597. The summed E-state index contributed by atoms with van der Waals surface area (Å²) in [6.07, 6.45) is 0. The molecule has 0 radical (unpaired) electrons. The maximum absolute atomic E-state index is 11.6. The van der Waals surface area contributed by atoms with Gasteiger partial charge in [-0.2, -0.15) is 0 Å². The smallest absolute Gasteiger partial charge is 0.341 e. The van der Waals surface area contributed by atoms with Crippen LogP contribution in [0, 0.1) is 11.8 Å². The Morgan fingerprint density at radius 3 is 2.68 bits per heavy atom. The van der Waals surface area contributed by atoms with E-state index in [1.54, 1.807) is 6.07 Å². The molecule has 3 aromatic rings. The summed E-state index contributed by atoms with van der Waals surface area (Å²) in [5, 5.41) is 15.6. The van der Waals surface area contributed by atoms with Crippen molar-refractivity contribution < 1.29 is 14.6 Å². The number of esters is 1. The zero-order valence-electron chi connectivity index (χ0n) is 15.7. The Kier molecular flexibility index (Phi) is 7.45. The van der Waals surface area contributed by atoms with Crippen molar-refractivity contribution >= 4 is 29.1 Å². The molecule has 3 rings (SSSR count). The molecule has 28 heavy (non-hydrogen) atoms. The number of ether oxygens (including phenoxy) is 1. The van der Waals surface area contributed by atoms with Crippen LogP contribution in [0.4, 0.5) is 0 Å². The van der Waals surface area contributed by atoms with Crippen LogP contribution in [0.15, 0.2) is 60.7 Å². The van der Waals surface area contributed by atoms with Crippen molar-refractivity contribution in [3.8, 4) is 17.6 Å². The van der Waals surface area contributed by atoms with E-state index in [9.17, 15) is 9.90 Å². The van der Waals surface area contributed by atoms with Crippen molar-refractivity contribution in [1.29, 1.82) is 0 Å². The predicted molar refractivity (Wildman–Crippen MR) is 114 cm³/mol. The molecule has 0 aromatic heterocycles. The third-order valence-corrected chi connectivity index (χ3v) is 4.42.